The third-order valence-electron chi connectivity index (χ3n) is 3.66. The SMILES string of the molecule is COc1ccc2c(c1)C(C#N)(NCCCN=[N+]=[N-])CC2. The number of hydrogen-bond acceptors (Lipinski definition) is 4. The van der Waals surface area contributed by atoms with E-state index < -0.39 is 5.54 Å². The summed E-state index contributed by atoms with van der Waals surface area (Å²) in [4.78, 5) is 2.72. The Hall–Kier alpha value is -2.22. The maximum absolute atomic E-state index is 9.59. The summed E-state index contributed by atoms with van der Waals surface area (Å²) in [5, 5.41) is 16.4. The zero-order valence-corrected chi connectivity index (χ0v) is 11.5. The van der Waals surface area contributed by atoms with Crippen LogP contribution in [0.3, 0.4) is 0 Å². The molecule has 1 N–H and O–H groups in total. The Morgan fingerprint density at radius 1 is 1.60 bits per heavy atom. The maximum Gasteiger partial charge on any atom is 0.133 e. The fourth-order valence-corrected chi connectivity index (χ4v) is 2.59. The Bertz CT molecular complexity index is 573. The van der Waals surface area contributed by atoms with Crippen LogP contribution in [0.1, 0.15) is 24.0 Å². The summed E-state index contributed by atoms with van der Waals surface area (Å²) in [6, 6.07) is 8.29. The predicted molar refractivity (Wildman–Crippen MR) is 75.2 cm³/mol. The van der Waals surface area contributed by atoms with E-state index in [1.807, 2.05) is 18.2 Å². The van der Waals surface area contributed by atoms with E-state index >= 15 is 0 Å². The smallest absolute Gasteiger partial charge is 0.133 e. The van der Waals surface area contributed by atoms with Gasteiger partial charge >= 0.3 is 0 Å². The molecular weight excluding hydrogens is 254 g/mol. The van der Waals surface area contributed by atoms with E-state index in [1.165, 1.54) is 5.56 Å². The number of nitrogens with zero attached hydrogens (tertiary/aromatic N) is 4. The van der Waals surface area contributed by atoms with Crippen LogP contribution >= 0.6 is 0 Å². The number of benzene rings is 1. The summed E-state index contributed by atoms with van der Waals surface area (Å²) in [6.07, 6.45) is 2.36. The van der Waals surface area contributed by atoms with Gasteiger partial charge in [-0.3, -0.25) is 5.32 Å². The molecule has 2 rings (SSSR count). The Balaban J connectivity index is 2.14. The number of nitriles is 1. The molecule has 1 aliphatic rings. The average molecular weight is 271 g/mol. The Morgan fingerprint density at radius 3 is 3.15 bits per heavy atom. The largest absolute Gasteiger partial charge is 0.497 e. The summed E-state index contributed by atoms with van der Waals surface area (Å²) < 4.78 is 5.24. The number of ether oxygens (including phenoxy) is 1. The van der Waals surface area contributed by atoms with Gasteiger partial charge in [-0.2, -0.15) is 5.26 Å². The van der Waals surface area contributed by atoms with E-state index in [-0.39, 0.29) is 0 Å². The normalized spacial score (nSPS) is 19.8. The van der Waals surface area contributed by atoms with Gasteiger partial charge in [0.2, 0.25) is 0 Å². The second-order valence-corrected chi connectivity index (χ2v) is 4.78. The first-order valence-corrected chi connectivity index (χ1v) is 6.60. The van der Waals surface area contributed by atoms with Crippen molar-refractivity contribution >= 4 is 0 Å². The van der Waals surface area contributed by atoms with Crippen LogP contribution in [-0.2, 0) is 12.0 Å². The van der Waals surface area contributed by atoms with Gasteiger partial charge in [0.15, 0.2) is 0 Å². The van der Waals surface area contributed by atoms with Crippen molar-refractivity contribution in [1.82, 2.24) is 5.32 Å². The van der Waals surface area contributed by atoms with Crippen LogP contribution in [0.25, 0.3) is 10.4 Å². The molecule has 104 valence electrons. The highest BCUT2D eigenvalue weighted by Crippen LogP contribution is 2.38. The van der Waals surface area contributed by atoms with E-state index in [1.54, 1.807) is 7.11 Å². The molecule has 0 fully saturated rings. The van der Waals surface area contributed by atoms with Crippen LogP contribution in [0.4, 0.5) is 0 Å². The lowest BCUT2D eigenvalue weighted by molar-refractivity contribution is 0.404. The number of rotatable bonds is 6. The van der Waals surface area contributed by atoms with Gasteiger partial charge < -0.3 is 4.74 Å². The van der Waals surface area contributed by atoms with E-state index in [4.69, 9.17) is 10.3 Å². The lowest BCUT2D eigenvalue weighted by atomic mass is 9.93. The van der Waals surface area contributed by atoms with E-state index in [9.17, 15) is 5.26 Å². The first-order chi connectivity index (χ1) is 9.75. The first-order valence-electron chi connectivity index (χ1n) is 6.60. The molecule has 0 aromatic heterocycles. The molecule has 1 aromatic rings. The minimum atomic E-state index is -0.653. The van der Waals surface area contributed by atoms with Crippen LogP contribution in [0.5, 0.6) is 5.75 Å². The van der Waals surface area contributed by atoms with Crippen LogP contribution in [0.15, 0.2) is 23.3 Å². The van der Waals surface area contributed by atoms with Crippen molar-refractivity contribution in [2.24, 2.45) is 5.11 Å². The quantitative estimate of drug-likeness (QED) is 0.373. The Kier molecular flexibility index (Phi) is 4.46. The summed E-state index contributed by atoms with van der Waals surface area (Å²) in [6.45, 7) is 1.08. The van der Waals surface area contributed by atoms with Crippen LogP contribution in [0, 0.1) is 11.3 Å². The van der Waals surface area contributed by atoms with Gasteiger partial charge in [0.05, 0.1) is 13.2 Å². The zero-order chi connectivity index (χ0) is 14.4. The number of methoxy groups -OCH3 is 1. The van der Waals surface area contributed by atoms with Crippen molar-refractivity contribution in [2.75, 3.05) is 20.2 Å². The molecule has 0 amide bonds. The first kappa shape index (κ1) is 14.2. The van der Waals surface area contributed by atoms with Gasteiger partial charge in [0.1, 0.15) is 11.3 Å². The van der Waals surface area contributed by atoms with Crippen molar-refractivity contribution in [1.29, 1.82) is 5.26 Å². The molecule has 1 atom stereocenters. The molecule has 20 heavy (non-hydrogen) atoms. The number of hydrogen-bond donors (Lipinski definition) is 1. The monoisotopic (exact) mass is 271 g/mol. The molecule has 6 heteroatoms. The molecule has 0 saturated carbocycles. The molecule has 0 bridgehead atoms. The minimum absolute atomic E-state index is 0.440. The highest BCUT2D eigenvalue weighted by Gasteiger charge is 2.38. The average Bonchev–Trinajstić information content (AvgIpc) is 2.85. The van der Waals surface area contributed by atoms with E-state index in [0.717, 1.165) is 24.2 Å². The van der Waals surface area contributed by atoms with Gasteiger partial charge in [-0.05, 0) is 54.6 Å². The lowest BCUT2D eigenvalue weighted by Crippen LogP contribution is -2.39. The second kappa shape index (κ2) is 6.29. The maximum atomic E-state index is 9.59. The number of fused-ring (bicyclic) bond motifs is 1. The van der Waals surface area contributed by atoms with E-state index in [2.05, 4.69) is 21.4 Å². The fraction of sp³-hybridized carbons (Fsp3) is 0.500. The van der Waals surface area contributed by atoms with Crippen molar-refractivity contribution in [3.63, 3.8) is 0 Å². The summed E-state index contributed by atoms with van der Waals surface area (Å²) in [7, 11) is 1.62. The lowest BCUT2D eigenvalue weighted by Gasteiger charge is -2.24. The third kappa shape index (κ3) is 2.69. The van der Waals surface area contributed by atoms with Crippen molar-refractivity contribution in [3.8, 4) is 11.8 Å². The highest BCUT2D eigenvalue weighted by molar-refractivity contribution is 5.47. The van der Waals surface area contributed by atoms with Gasteiger partial charge in [0, 0.05) is 11.5 Å². The minimum Gasteiger partial charge on any atom is -0.497 e. The topological polar surface area (TPSA) is 93.8 Å². The summed E-state index contributed by atoms with van der Waals surface area (Å²) in [5.74, 6) is 0.765. The molecule has 1 aromatic carbocycles. The highest BCUT2D eigenvalue weighted by atomic mass is 16.5. The number of nitrogens with one attached hydrogen (secondary N) is 1. The predicted octanol–water partition coefficient (Wildman–Crippen LogP) is 2.65. The molecule has 1 unspecified atom stereocenters. The molecule has 1 aliphatic carbocycles. The summed E-state index contributed by atoms with van der Waals surface area (Å²) >= 11 is 0. The second-order valence-electron chi connectivity index (χ2n) is 4.78. The molecule has 0 heterocycles. The standard InChI is InChI=1S/C14H17N5O/c1-20-12-4-3-11-5-6-14(10-15,13(11)9-12)17-7-2-8-18-19-16/h3-4,9,17H,2,5-8H2,1H3. The zero-order valence-electron chi connectivity index (χ0n) is 11.5. The Labute approximate surface area is 118 Å². The molecular formula is C14H17N5O. The molecule has 0 radical (unpaired) electrons. The molecule has 0 saturated heterocycles. The van der Waals surface area contributed by atoms with Crippen molar-refractivity contribution in [2.45, 2.75) is 24.8 Å². The van der Waals surface area contributed by atoms with Crippen molar-refractivity contribution in [3.05, 3.63) is 39.8 Å². The van der Waals surface area contributed by atoms with Gasteiger partial charge in [-0.15, -0.1) is 0 Å². The number of azide groups is 1. The molecule has 6 nitrogen and oxygen atoms in total. The van der Waals surface area contributed by atoms with Crippen LogP contribution < -0.4 is 10.1 Å². The molecule has 0 aliphatic heterocycles. The van der Waals surface area contributed by atoms with E-state index in [0.29, 0.717) is 19.5 Å². The Morgan fingerprint density at radius 2 is 2.45 bits per heavy atom. The van der Waals surface area contributed by atoms with Gasteiger partial charge in [0.25, 0.3) is 0 Å². The van der Waals surface area contributed by atoms with Crippen molar-refractivity contribution < 1.29 is 4.74 Å². The van der Waals surface area contributed by atoms with Gasteiger partial charge in [-0.25, -0.2) is 0 Å². The molecule has 0 spiro atoms. The third-order valence-corrected chi connectivity index (χ3v) is 3.66. The summed E-state index contributed by atoms with van der Waals surface area (Å²) in [5.41, 5.74) is 9.77. The fourth-order valence-electron chi connectivity index (χ4n) is 2.59. The van der Waals surface area contributed by atoms with Crippen LogP contribution in [0.2, 0.25) is 0 Å². The number of aryl methyl sites for hydroxylation is 1. The van der Waals surface area contributed by atoms with Gasteiger partial charge in [-0.1, -0.05) is 11.2 Å². The van der Waals surface area contributed by atoms with Crippen LogP contribution in [-0.4, -0.2) is 20.2 Å².